The summed E-state index contributed by atoms with van der Waals surface area (Å²) in [6.07, 6.45) is 1.32. The number of piperidine rings is 1. The Kier molecular flexibility index (Phi) is 4.61. The van der Waals surface area contributed by atoms with Crippen LogP contribution in [0.5, 0.6) is 5.75 Å². The van der Waals surface area contributed by atoms with Gasteiger partial charge in [-0.3, -0.25) is 9.59 Å². The van der Waals surface area contributed by atoms with E-state index in [1.807, 2.05) is 0 Å². The van der Waals surface area contributed by atoms with Gasteiger partial charge in [-0.25, -0.2) is 0 Å². The maximum absolute atomic E-state index is 12.3. The highest BCUT2D eigenvalue weighted by atomic mass is 16.5. The Morgan fingerprint density at radius 2 is 1.70 bits per heavy atom. The van der Waals surface area contributed by atoms with Gasteiger partial charge in [-0.05, 0) is 37.1 Å². The van der Waals surface area contributed by atoms with E-state index < -0.39 is 0 Å². The molecule has 1 aliphatic rings. The molecule has 0 N–H and O–H groups in total. The minimum absolute atomic E-state index is 0.00373. The molecule has 20 heavy (non-hydrogen) atoms. The molecule has 0 aliphatic carbocycles. The van der Waals surface area contributed by atoms with Crippen LogP contribution in [0.15, 0.2) is 24.3 Å². The molecule has 1 aliphatic heterocycles. The molecule has 1 aromatic carbocycles. The van der Waals surface area contributed by atoms with Crippen molar-refractivity contribution >= 4 is 11.9 Å². The van der Waals surface area contributed by atoms with Crippen molar-refractivity contribution in [1.29, 1.82) is 0 Å². The SMILES string of the molecule is COC(=O)C1CCN(C(=O)c2ccc(OC)cc2)CC1. The van der Waals surface area contributed by atoms with E-state index in [1.54, 1.807) is 36.3 Å². The summed E-state index contributed by atoms with van der Waals surface area (Å²) in [7, 11) is 2.99. The lowest BCUT2D eigenvalue weighted by Gasteiger charge is -2.30. The minimum atomic E-state index is -0.179. The van der Waals surface area contributed by atoms with Crippen molar-refractivity contribution in [3.63, 3.8) is 0 Å². The largest absolute Gasteiger partial charge is 0.497 e. The molecule has 0 saturated carbocycles. The van der Waals surface area contributed by atoms with E-state index in [1.165, 1.54) is 7.11 Å². The maximum atomic E-state index is 12.3. The number of carbonyl (C=O) groups is 2. The summed E-state index contributed by atoms with van der Waals surface area (Å²) >= 11 is 0. The van der Waals surface area contributed by atoms with Crippen LogP contribution in [0.4, 0.5) is 0 Å². The maximum Gasteiger partial charge on any atom is 0.308 e. The Bertz CT molecular complexity index is 475. The topological polar surface area (TPSA) is 55.8 Å². The number of likely N-dealkylation sites (tertiary alicyclic amines) is 1. The highest BCUT2D eigenvalue weighted by Crippen LogP contribution is 2.21. The summed E-state index contributed by atoms with van der Waals surface area (Å²) in [6, 6.07) is 7.06. The van der Waals surface area contributed by atoms with Crippen LogP contribution in [0.1, 0.15) is 23.2 Å². The second kappa shape index (κ2) is 6.41. The highest BCUT2D eigenvalue weighted by molar-refractivity contribution is 5.94. The Morgan fingerprint density at radius 1 is 1.10 bits per heavy atom. The number of amides is 1. The molecule has 1 saturated heterocycles. The van der Waals surface area contributed by atoms with E-state index in [4.69, 9.17) is 9.47 Å². The van der Waals surface area contributed by atoms with Crippen LogP contribution in [0, 0.1) is 5.92 Å². The number of hydrogen-bond donors (Lipinski definition) is 0. The van der Waals surface area contributed by atoms with Crippen molar-refractivity contribution in [1.82, 2.24) is 4.90 Å². The number of rotatable bonds is 3. The summed E-state index contributed by atoms with van der Waals surface area (Å²) in [6.45, 7) is 1.18. The van der Waals surface area contributed by atoms with Crippen LogP contribution in [-0.2, 0) is 9.53 Å². The van der Waals surface area contributed by atoms with E-state index in [-0.39, 0.29) is 17.8 Å². The zero-order valence-corrected chi connectivity index (χ0v) is 11.8. The van der Waals surface area contributed by atoms with Gasteiger partial charge in [-0.1, -0.05) is 0 Å². The summed E-state index contributed by atoms with van der Waals surface area (Å²) in [5.74, 6) is 0.461. The Labute approximate surface area is 118 Å². The van der Waals surface area contributed by atoms with Crippen molar-refractivity contribution in [2.24, 2.45) is 5.92 Å². The number of ether oxygens (including phenoxy) is 2. The molecule has 1 amide bonds. The quantitative estimate of drug-likeness (QED) is 0.789. The lowest BCUT2D eigenvalue weighted by molar-refractivity contribution is -0.146. The van der Waals surface area contributed by atoms with Gasteiger partial charge in [0.05, 0.1) is 20.1 Å². The van der Waals surface area contributed by atoms with E-state index in [0.717, 1.165) is 5.75 Å². The van der Waals surface area contributed by atoms with Gasteiger partial charge >= 0.3 is 5.97 Å². The predicted octanol–water partition coefficient (Wildman–Crippen LogP) is 1.72. The number of benzene rings is 1. The van der Waals surface area contributed by atoms with Crippen molar-refractivity contribution in [3.8, 4) is 5.75 Å². The average molecular weight is 277 g/mol. The molecular formula is C15H19NO4. The van der Waals surface area contributed by atoms with Crippen LogP contribution in [0.2, 0.25) is 0 Å². The molecule has 5 heteroatoms. The Hall–Kier alpha value is -2.04. The van der Waals surface area contributed by atoms with Crippen molar-refractivity contribution in [2.75, 3.05) is 27.3 Å². The molecule has 0 unspecified atom stereocenters. The fourth-order valence-electron chi connectivity index (χ4n) is 2.40. The van der Waals surface area contributed by atoms with Gasteiger partial charge in [-0.2, -0.15) is 0 Å². The Morgan fingerprint density at radius 3 is 2.20 bits per heavy atom. The lowest BCUT2D eigenvalue weighted by atomic mass is 9.96. The average Bonchev–Trinajstić information content (AvgIpc) is 2.53. The fraction of sp³-hybridized carbons (Fsp3) is 0.467. The monoisotopic (exact) mass is 277 g/mol. The third-order valence-electron chi connectivity index (χ3n) is 3.65. The third-order valence-corrected chi connectivity index (χ3v) is 3.65. The number of esters is 1. The molecule has 2 rings (SSSR count). The number of nitrogens with zero attached hydrogens (tertiary/aromatic N) is 1. The molecule has 1 fully saturated rings. The second-order valence-corrected chi connectivity index (χ2v) is 4.82. The number of hydrogen-bond acceptors (Lipinski definition) is 4. The second-order valence-electron chi connectivity index (χ2n) is 4.82. The van der Waals surface area contributed by atoms with Gasteiger partial charge in [-0.15, -0.1) is 0 Å². The van der Waals surface area contributed by atoms with Crippen LogP contribution in [0.25, 0.3) is 0 Å². The first-order valence-electron chi connectivity index (χ1n) is 6.67. The van der Waals surface area contributed by atoms with Gasteiger partial charge in [0, 0.05) is 18.7 Å². The molecule has 0 atom stereocenters. The van der Waals surface area contributed by atoms with Crippen LogP contribution < -0.4 is 4.74 Å². The summed E-state index contributed by atoms with van der Waals surface area (Å²) in [5, 5.41) is 0. The van der Waals surface area contributed by atoms with E-state index in [9.17, 15) is 9.59 Å². The first-order valence-corrected chi connectivity index (χ1v) is 6.67. The van der Waals surface area contributed by atoms with Crippen molar-refractivity contribution in [3.05, 3.63) is 29.8 Å². The molecule has 0 spiro atoms. The normalized spacial score (nSPS) is 15.8. The highest BCUT2D eigenvalue weighted by Gasteiger charge is 2.28. The zero-order chi connectivity index (χ0) is 14.5. The summed E-state index contributed by atoms with van der Waals surface area (Å²) < 4.78 is 9.81. The molecule has 0 aromatic heterocycles. The first kappa shape index (κ1) is 14.4. The summed E-state index contributed by atoms with van der Waals surface area (Å²) in [4.78, 5) is 25.5. The molecule has 5 nitrogen and oxygen atoms in total. The first-order chi connectivity index (χ1) is 9.65. The zero-order valence-electron chi connectivity index (χ0n) is 11.8. The van der Waals surface area contributed by atoms with Crippen molar-refractivity contribution in [2.45, 2.75) is 12.8 Å². The van der Waals surface area contributed by atoms with Crippen LogP contribution >= 0.6 is 0 Å². The predicted molar refractivity (Wildman–Crippen MR) is 73.6 cm³/mol. The van der Waals surface area contributed by atoms with Gasteiger partial charge < -0.3 is 14.4 Å². The van der Waals surface area contributed by atoms with Crippen LogP contribution in [0.3, 0.4) is 0 Å². The number of methoxy groups -OCH3 is 2. The Balaban J connectivity index is 1.95. The van der Waals surface area contributed by atoms with E-state index >= 15 is 0 Å². The van der Waals surface area contributed by atoms with Crippen molar-refractivity contribution < 1.29 is 19.1 Å². The summed E-state index contributed by atoms with van der Waals surface area (Å²) in [5.41, 5.74) is 0.641. The smallest absolute Gasteiger partial charge is 0.308 e. The molecule has 0 radical (unpaired) electrons. The van der Waals surface area contributed by atoms with Gasteiger partial charge in [0.2, 0.25) is 0 Å². The standard InChI is InChI=1S/C15H19NO4/c1-19-13-5-3-11(4-6-13)14(17)16-9-7-12(8-10-16)15(18)20-2/h3-6,12H,7-10H2,1-2H3. The molecule has 108 valence electrons. The molecular weight excluding hydrogens is 258 g/mol. The fourth-order valence-corrected chi connectivity index (χ4v) is 2.40. The van der Waals surface area contributed by atoms with Gasteiger partial charge in [0.15, 0.2) is 0 Å². The molecule has 1 aromatic rings. The van der Waals surface area contributed by atoms with E-state index in [2.05, 4.69) is 0 Å². The molecule has 1 heterocycles. The number of carbonyl (C=O) groups excluding carboxylic acids is 2. The van der Waals surface area contributed by atoms with Gasteiger partial charge in [0.1, 0.15) is 5.75 Å². The van der Waals surface area contributed by atoms with Gasteiger partial charge in [0.25, 0.3) is 5.91 Å². The third kappa shape index (κ3) is 3.10. The van der Waals surface area contributed by atoms with Crippen LogP contribution in [-0.4, -0.2) is 44.1 Å². The minimum Gasteiger partial charge on any atom is -0.497 e. The lowest BCUT2D eigenvalue weighted by Crippen LogP contribution is -2.40. The van der Waals surface area contributed by atoms with E-state index in [0.29, 0.717) is 31.5 Å². The molecule has 0 bridgehead atoms.